The van der Waals surface area contributed by atoms with E-state index in [9.17, 15) is 10.1 Å². The maximum Gasteiger partial charge on any atom is 0.272 e. The first-order chi connectivity index (χ1) is 8.99. The first kappa shape index (κ1) is 13.1. The number of aryl methyl sites for hydroxylation is 3. The van der Waals surface area contributed by atoms with Gasteiger partial charge < -0.3 is 9.88 Å². The summed E-state index contributed by atoms with van der Waals surface area (Å²) < 4.78 is 2.04. The van der Waals surface area contributed by atoms with Crippen molar-refractivity contribution in [2.45, 2.75) is 20.4 Å². The molecule has 5 nitrogen and oxygen atoms in total. The molecule has 5 heteroatoms. The molecular formula is C14H17N3O2. The summed E-state index contributed by atoms with van der Waals surface area (Å²) in [6.45, 7) is 4.33. The SMILES string of the molecule is Cc1cc([N+](=O)[O-])c(C)cc1NCc1cccn1C. The molecule has 2 aromatic rings. The molecule has 0 aliphatic heterocycles. The van der Waals surface area contributed by atoms with Gasteiger partial charge in [0, 0.05) is 36.3 Å². The molecule has 0 aliphatic carbocycles. The Balaban J connectivity index is 2.20. The number of nitro benzene ring substituents is 1. The van der Waals surface area contributed by atoms with E-state index in [2.05, 4.69) is 5.32 Å². The summed E-state index contributed by atoms with van der Waals surface area (Å²) in [5.74, 6) is 0. The van der Waals surface area contributed by atoms with Crippen molar-refractivity contribution < 1.29 is 4.92 Å². The fourth-order valence-electron chi connectivity index (χ4n) is 2.05. The van der Waals surface area contributed by atoms with E-state index in [-0.39, 0.29) is 10.6 Å². The molecule has 100 valence electrons. The average Bonchev–Trinajstić information content (AvgIpc) is 2.75. The number of benzene rings is 1. The molecule has 0 radical (unpaired) electrons. The topological polar surface area (TPSA) is 60.1 Å². The summed E-state index contributed by atoms with van der Waals surface area (Å²) >= 11 is 0. The lowest BCUT2D eigenvalue weighted by molar-refractivity contribution is -0.385. The molecular weight excluding hydrogens is 242 g/mol. The van der Waals surface area contributed by atoms with Gasteiger partial charge in [0.2, 0.25) is 0 Å². The van der Waals surface area contributed by atoms with E-state index in [4.69, 9.17) is 0 Å². The number of nitro groups is 1. The summed E-state index contributed by atoms with van der Waals surface area (Å²) in [7, 11) is 1.99. The molecule has 0 spiro atoms. The van der Waals surface area contributed by atoms with Crippen LogP contribution >= 0.6 is 0 Å². The normalized spacial score (nSPS) is 10.5. The molecule has 0 bridgehead atoms. The fraction of sp³-hybridized carbons (Fsp3) is 0.286. The van der Waals surface area contributed by atoms with Crippen molar-refractivity contribution in [1.29, 1.82) is 0 Å². The van der Waals surface area contributed by atoms with Crippen LogP contribution in [0.15, 0.2) is 30.5 Å². The van der Waals surface area contributed by atoms with Gasteiger partial charge in [-0.25, -0.2) is 0 Å². The molecule has 0 fully saturated rings. The Morgan fingerprint density at radius 2 is 2.05 bits per heavy atom. The third kappa shape index (κ3) is 2.76. The highest BCUT2D eigenvalue weighted by Crippen LogP contribution is 2.26. The quantitative estimate of drug-likeness (QED) is 0.677. The predicted molar refractivity (Wildman–Crippen MR) is 75.3 cm³/mol. The van der Waals surface area contributed by atoms with Crippen molar-refractivity contribution in [3.63, 3.8) is 0 Å². The van der Waals surface area contributed by atoms with Crippen LogP contribution in [0.2, 0.25) is 0 Å². The Hall–Kier alpha value is -2.30. The zero-order chi connectivity index (χ0) is 14.0. The van der Waals surface area contributed by atoms with Gasteiger partial charge >= 0.3 is 0 Å². The molecule has 0 saturated carbocycles. The minimum absolute atomic E-state index is 0.168. The van der Waals surface area contributed by atoms with Crippen LogP contribution in [0.25, 0.3) is 0 Å². The Bertz CT molecular complexity index is 617. The Morgan fingerprint density at radius 1 is 1.32 bits per heavy atom. The van der Waals surface area contributed by atoms with Gasteiger partial charge in [-0.2, -0.15) is 0 Å². The summed E-state index contributed by atoms with van der Waals surface area (Å²) in [4.78, 5) is 10.5. The highest BCUT2D eigenvalue weighted by molar-refractivity contribution is 5.59. The molecule has 1 aromatic carbocycles. The van der Waals surface area contributed by atoms with Gasteiger partial charge in [0.1, 0.15) is 0 Å². The summed E-state index contributed by atoms with van der Waals surface area (Å²) in [5, 5.41) is 14.2. The van der Waals surface area contributed by atoms with Crippen LogP contribution in [0.5, 0.6) is 0 Å². The second-order valence-corrected chi connectivity index (χ2v) is 4.67. The highest BCUT2D eigenvalue weighted by atomic mass is 16.6. The lowest BCUT2D eigenvalue weighted by atomic mass is 10.1. The van der Waals surface area contributed by atoms with E-state index >= 15 is 0 Å². The number of nitrogens with zero attached hydrogens (tertiary/aromatic N) is 2. The summed E-state index contributed by atoms with van der Waals surface area (Å²) in [5.41, 5.74) is 3.82. The second-order valence-electron chi connectivity index (χ2n) is 4.67. The minimum Gasteiger partial charge on any atom is -0.379 e. The van der Waals surface area contributed by atoms with Crippen molar-refractivity contribution in [3.8, 4) is 0 Å². The van der Waals surface area contributed by atoms with Crippen LogP contribution in [0, 0.1) is 24.0 Å². The van der Waals surface area contributed by atoms with E-state index in [0.717, 1.165) is 16.9 Å². The lowest BCUT2D eigenvalue weighted by Gasteiger charge is -2.11. The van der Waals surface area contributed by atoms with Gasteiger partial charge in [-0.1, -0.05) is 0 Å². The van der Waals surface area contributed by atoms with E-state index in [1.165, 1.54) is 0 Å². The number of hydrogen-bond acceptors (Lipinski definition) is 3. The maximum atomic E-state index is 10.9. The van der Waals surface area contributed by atoms with Crippen LogP contribution in [-0.2, 0) is 13.6 Å². The molecule has 19 heavy (non-hydrogen) atoms. The van der Waals surface area contributed by atoms with Crippen molar-refractivity contribution in [3.05, 3.63) is 57.4 Å². The second kappa shape index (κ2) is 5.14. The van der Waals surface area contributed by atoms with Crippen LogP contribution in [0.1, 0.15) is 16.8 Å². The number of hydrogen-bond donors (Lipinski definition) is 1. The standard InChI is InChI=1S/C14H17N3O2/c1-10-8-14(17(18)19)11(2)7-13(10)15-9-12-5-4-6-16(12)3/h4-8,15H,9H2,1-3H3. The zero-order valence-electron chi connectivity index (χ0n) is 11.3. The van der Waals surface area contributed by atoms with Gasteiger partial charge in [-0.3, -0.25) is 10.1 Å². The highest BCUT2D eigenvalue weighted by Gasteiger charge is 2.13. The first-order valence-corrected chi connectivity index (χ1v) is 6.08. The van der Waals surface area contributed by atoms with Crippen LogP contribution in [0.3, 0.4) is 0 Å². The van der Waals surface area contributed by atoms with Gasteiger partial charge in [0.05, 0.1) is 11.5 Å². The smallest absolute Gasteiger partial charge is 0.272 e. The largest absolute Gasteiger partial charge is 0.379 e. The average molecular weight is 259 g/mol. The molecule has 2 rings (SSSR count). The van der Waals surface area contributed by atoms with Gasteiger partial charge in [-0.15, -0.1) is 0 Å². The van der Waals surface area contributed by atoms with E-state index < -0.39 is 0 Å². The van der Waals surface area contributed by atoms with Gasteiger partial charge in [0.15, 0.2) is 0 Å². The fourth-order valence-corrected chi connectivity index (χ4v) is 2.05. The Morgan fingerprint density at radius 3 is 2.63 bits per heavy atom. The lowest BCUT2D eigenvalue weighted by Crippen LogP contribution is -2.06. The Labute approximate surface area is 112 Å². The molecule has 0 aliphatic rings. The number of rotatable bonds is 4. The van der Waals surface area contributed by atoms with E-state index in [1.54, 1.807) is 13.0 Å². The van der Waals surface area contributed by atoms with Crippen LogP contribution in [0.4, 0.5) is 11.4 Å². The van der Waals surface area contributed by atoms with Crippen LogP contribution < -0.4 is 5.32 Å². The van der Waals surface area contributed by atoms with Crippen LogP contribution in [-0.4, -0.2) is 9.49 Å². The molecule has 1 N–H and O–H groups in total. The number of nitrogens with one attached hydrogen (secondary N) is 1. The van der Waals surface area contributed by atoms with E-state index in [0.29, 0.717) is 12.1 Å². The third-order valence-corrected chi connectivity index (χ3v) is 3.25. The third-order valence-electron chi connectivity index (χ3n) is 3.25. The minimum atomic E-state index is -0.344. The molecule has 0 saturated heterocycles. The van der Waals surface area contributed by atoms with Crippen molar-refractivity contribution in [2.24, 2.45) is 7.05 Å². The molecule has 1 heterocycles. The van der Waals surface area contributed by atoms with Crippen molar-refractivity contribution >= 4 is 11.4 Å². The monoisotopic (exact) mass is 259 g/mol. The summed E-state index contributed by atoms with van der Waals surface area (Å²) in [6.07, 6.45) is 1.99. The van der Waals surface area contributed by atoms with Crippen molar-refractivity contribution in [2.75, 3.05) is 5.32 Å². The molecule has 0 unspecified atom stereocenters. The molecule has 1 aromatic heterocycles. The van der Waals surface area contributed by atoms with Gasteiger partial charge in [0.25, 0.3) is 5.69 Å². The van der Waals surface area contributed by atoms with Gasteiger partial charge in [-0.05, 0) is 37.6 Å². The zero-order valence-corrected chi connectivity index (χ0v) is 11.3. The number of anilines is 1. The maximum absolute atomic E-state index is 10.9. The first-order valence-electron chi connectivity index (χ1n) is 6.08. The van der Waals surface area contributed by atoms with E-state index in [1.807, 2.05) is 42.9 Å². The summed E-state index contributed by atoms with van der Waals surface area (Å²) in [6, 6.07) is 7.48. The predicted octanol–water partition coefficient (Wildman–Crippen LogP) is 3.16. The molecule has 0 atom stereocenters. The molecule has 0 amide bonds. The van der Waals surface area contributed by atoms with Crippen molar-refractivity contribution in [1.82, 2.24) is 4.57 Å². The number of aromatic nitrogens is 1. The Kier molecular flexibility index (Phi) is 3.55.